The van der Waals surface area contributed by atoms with Crippen LogP contribution in [0.15, 0.2) is 24.3 Å². The Bertz CT molecular complexity index is 878. The van der Waals surface area contributed by atoms with Crippen molar-refractivity contribution in [1.29, 1.82) is 5.26 Å². The highest BCUT2D eigenvalue weighted by atomic mass is 16.6. The summed E-state index contributed by atoms with van der Waals surface area (Å²) in [5.41, 5.74) is 0.0403. The molecule has 2 aliphatic rings. The lowest BCUT2D eigenvalue weighted by Crippen LogP contribution is -2.56. The number of likely N-dealkylation sites (tertiary alicyclic amines) is 1. The molecule has 1 N–H and O–H groups in total. The number of hydrogen-bond acceptors (Lipinski definition) is 7. The summed E-state index contributed by atoms with van der Waals surface area (Å²) in [4.78, 5) is 28.7. The molecule has 0 aromatic heterocycles. The van der Waals surface area contributed by atoms with Crippen LogP contribution in [0.2, 0.25) is 0 Å². The molecule has 9 heteroatoms. The van der Waals surface area contributed by atoms with E-state index < -0.39 is 11.7 Å². The summed E-state index contributed by atoms with van der Waals surface area (Å²) in [5, 5.41) is 11.8. The van der Waals surface area contributed by atoms with E-state index in [1.807, 2.05) is 27.8 Å². The number of nitrogens with zero attached hydrogens (tertiary/aromatic N) is 3. The highest BCUT2D eigenvalue weighted by molar-refractivity contribution is 5.68. The van der Waals surface area contributed by atoms with Crippen molar-refractivity contribution in [3.8, 4) is 11.8 Å². The van der Waals surface area contributed by atoms with Crippen LogP contribution in [0.5, 0.6) is 5.75 Å². The second kappa shape index (κ2) is 11.0. The number of amides is 2. The first-order valence-corrected chi connectivity index (χ1v) is 11.7. The van der Waals surface area contributed by atoms with Crippen LogP contribution in [0, 0.1) is 23.2 Å². The molecule has 2 fully saturated rings. The maximum atomic E-state index is 12.6. The molecule has 1 saturated heterocycles. The first-order valence-electron chi connectivity index (χ1n) is 11.7. The Balaban J connectivity index is 1.60. The molecule has 1 heterocycles. The van der Waals surface area contributed by atoms with E-state index in [1.54, 1.807) is 29.2 Å². The van der Waals surface area contributed by atoms with Crippen LogP contribution in [0.4, 0.5) is 9.59 Å². The summed E-state index contributed by atoms with van der Waals surface area (Å²) in [6, 6.07) is 8.84. The van der Waals surface area contributed by atoms with Gasteiger partial charge in [0, 0.05) is 32.7 Å². The lowest BCUT2D eigenvalue weighted by Gasteiger charge is -2.43. The van der Waals surface area contributed by atoms with Crippen LogP contribution < -0.4 is 10.1 Å². The molecular weight excluding hydrogens is 436 g/mol. The van der Waals surface area contributed by atoms with Crippen molar-refractivity contribution in [2.45, 2.75) is 51.3 Å². The van der Waals surface area contributed by atoms with Gasteiger partial charge in [0.25, 0.3) is 0 Å². The molecule has 186 valence electrons. The van der Waals surface area contributed by atoms with Gasteiger partial charge in [-0.15, -0.1) is 0 Å². The quantitative estimate of drug-likeness (QED) is 0.650. The summed E-state index contributed by atoms with van der Waals surface area (Å²) in [6.45, 7) is 8.20. The highest BCUT2D eigenvalue weighted by Gasteiger charge is 2.46. The normalized spacial score (nSPS) is 22.9. The van der Waals surface area contributed by atoms with Crippen LogP contribution >= 0.6 is 0 Å². The molecule has 9 nitrogen and oxygen atoms in total. The number of piperidine rings is 1. The standard InChI is InChI=1S/C25H36N4O5/c1-25(2,3)34-24(31)28(4)22-18-8-9-19(22)14-29(13-18)15-20(27-23(30)32-5)16-33-21-10-6-17(12-26)7-11-21/h6-7,10-11,18-20,22H,8-9,13-16H2,1-5H3,(H,27,30)/t18?,19?,20-,22?/m0/s1. The Morgan fingerprint density at radius 1 is 1.21 bits per heavy atom. The number of carbonyl (C=O) groups is 2. The van der Waals surface area contributed by atoms with Gasteiger partial charge in [-0.1, -0.05) is 0 Å². The lowest BCUT2D eigenvalue weighted by atomic mass is 9.91. The van der Waals surface area contributed by atoms with Gasteiger partial charge >= 0.3 is 12.2 Å². The Hall–Kier alpha value is -2.99. The van der Waals surface area contributed by atoms with Crippen molar-refractivity contribution in [2.75, 3.05) is 40.4 Å². The summed E-state index contributed by atoms with van der Waals surface area (Å²) in [5.74, 6) is 1.34. The van der Waals surface area contributed by atoms with Gasteiger partial charge in [-0.25, -0.2) is 9.59 Å². The van der Waals surface area contributed by atoms with Crippen LogP contribution in [-0.4, -0.2) is 80.1 Å². The highest BCUT2D eigenvalue weighted by Crippen LogP contribution is 2.40. The predicted molar refractivity (Wildman–Crippen MR) is 126 cm³/mol. The fraction of sp³-hybridized carbons (Fsp3) is 0.640. The van der Waals surface area contributed by atoms with Gasteiger partial charge in [0.2, 0.25) is 0 Å². The number of nitriles is 1. The van der Waals surface area contributed by atoms with Crippen molar-refractivity contribution >= 4 is 12.2 Å². The number of hydrogen-bond donors (Lipinski definition) is 1. The number of methoxy groups -OCH3 is 1. The van der Waals surface area contributed by atoms with Crippen molar-refractivity contribution in [2.24, 2.45) is 11.8 Å². The molecule has 0 radical (unpaired) electrons. The largest absolute Gasteiger partial charge is 0.491 e. The molecule has 34 heavy (non-hydrogen) atoms. The van der Waals surface area contributed by atoms with E-state index in [-0.39, 0.29) is 24.8 Å². The van der Waals surface area contributed by atoms with E-state index >= 15 is 0 Å². The molecule has 0 spiro atoms. The summed E-state index contributed by atoms with van der Waals surface area (Å²) in [7, 11) is 3.18. The third-order valence-electron chi connectivity index (χ3n) is 6.41. The maximum Gasteiger partial charge on any atom is 0.410 e. The smallest absolute Gasteiger partial charge is 0.410 e. The molecule has 1 aromatic carbocycles. The molecule has 1 aromatic rings. The Kier molecular flexibility index (Phi) is 8.26. The van der Waals surface area contributed by atoms with Gasteiger partial charge in [-0.3, -0.25) is 0 Å². The van der Waals surface area contributed by atoms with Gasteiger partial charge in [0.05, 0.1) is 24.8 Å². The summed E-state index contributed by atoms with van der Waals surface area (Å²) < 4.78 is 16.3. The Labute approximate surface area is 201 Å². The Morgan fingerprint density at radius 2 is 1.82 bits per heavy atom. The van der Waals surface area contributed by atoms with Gasteiger partial charge in [0.15, 0.2) is 0 Å². The minimum absolute atomic E-state index is 0.160. The van der Waals surface area contributed by atoms with Crippen LogP contribution in [0.1, 0.15) is 39.2 Å². The minimum atomic E-state index is -0.521. The zero-order valence-corrected chi connectivity index (χ0v) is 20.7. The average Bonchev–Trinajstić information content (AvgIpc) is 3.05. The zero-order valence-electron chi connectivity index (χ0n) is 20.7. The summed E-state index contributed by atoms with van der Waals surface area (Å²) >= 11 is 0. The van der Waals surface area contributed by atoms with Crippen molar-refractivity contribution in [3.63, 3.8) is 0 Å². The second-order valence-electron chi connectivity index (χ2n) is 10.2. The van der Waals surface area contributed by atoms with E-state index in [1.165, 1.54) is 7.11 Å². The average molecular weight is 473 g/mol. The fourth-order valence-electron chi connectivity index (χ4n) is 5.03. The maximum absolute atomic E-state index is 12.6. The number of fused-ring (bicyclic) bond motifs is 2. The lowest BCUT2D eigenvalue weighted by molar-refractivity contribution is -0.000514. The second-order valence-corrected chi connectivity index (χ2v) is 10.2. The summed E-state index contributed by atoms with van der Waals surface area (Å²) in [6.07, 6.45) is 1.35. The van der Waals surface area contributed by atoms with Crippen LogP contribution in [0.3, 0.4) is 0 Å². The molecule has 3 rings (SSSR count). The number of rotatable bonds is 7. The minimum Gasteiger partial charge on any atom is -0.491 e. The zero-order chi connectivity index (χ0) is 24.9. The Morgan fingerprint density at radius 3 is 2.35 bits per heavy atom. The molecule has 2 amide bonds. The van der Waals surface area contributed by atoms with E-state index in [0.717, 1.165) is 25.9 Å². The number of carbonyl (C=O) groups excluding carboxylic acids is 2. The SMILES string of the molecule is COC(=O)N[C@H](COc1ccc(C#N)cc1)CN1CC2CCC(C1)C2N(C)C(=O)OC(C)(C)C. The molecule has 1 aliphatic carbocycles. The van der Waals surface area contributed by atoms with E-state index in [4.69, 9.17) is 19.5 Å². The number of ether oxygens (including phenoxy) is 3. The topological polar surface area (TPSA) is 104 Å². The third kappa shape index (κ3) is 6.76. The van der Waals surface area contributed by atoms with Gasteiger partial charge in [-0.2, -0.15) is 5.26 Å². The van der Waals surface area contributed by atoms with E-state index in [2.05, 4.69) is 16.3 Å². The van der Waals surface area contributed by atoms with Crippen molar-refractivity contribution < 1.29 is 23.8 Å². The first kappa shape index (κ1) is 25.6. The molecular formula is C25H36N4O5. The van der Waals surface area contributed by atoms with Gasteiger partial charge in [-0.05, 0) is 69.7 Å². The first-order chi connectivity index (χ1) is 16.1. The number of nitrogens with one attached hydrogen (secondary N) is 1. The van der Waals surface area contributed by atoms with Crippen molar-refractivity contribution in [3.05, 3.63) is 29.8 Å². The van der Waals surface area contributed by atoms with Crippen LogP contribution in [-0.2, 0) is 9.47 Å². The predicted octanol–water partition coefficient (Wildman–Crippen LogP) is 3.24. The fourth-order valence-corrected chi connectivity index (χ4v) is 5.03. The molecule has 3 atom stereocenters. The van der Waals surface area contributed by atoms with Gasteiger partial charge < -0.3 is 29.3 Å². The van der Waals surface area contributed by atoms with Gasteiger partial charge in [0.1, 0.15) is 18.0 Å². The van der Waals surface area contributed by atoms with E-state index in [0.29, 0.717) is 29.7 Å². The number of benzene rings is 1. The third-order valence-corrected chi connectivity index (χ3v) is 6.41. The molecule has 2 bridgehead atoms. The molecule has 1 aliphatic heterocycles. The van der Waals surface area contributed by atoms with E-state index in [9.17, 15) is 9.59 Å². The molecule has 1 saturated carbocycles. The monoisotopic (exact) mass is 472 g/mol. The molecule has 2 unspecified atom stereocenters. The van der Waals surface area contributed by atoms with Crippen molar-refractivity contribution in [1.82, 2.24) is 15.1 Å². The number of alkyl carbamates (subject to hydrolysis) is 1. The van der Waals surface area contributed by atoms with Crippen LogP contribution in [0.25, 0.3) is 0 Å².